The summed E-state index contributed by atoms with van der Waals surface area (Å²) in [6, 6.07) is 19.3. The van der Waals surface area contributed by atoms with Crippen molar-refractivity contribution in [2.75, 3.05) is 45.6 Å². The van der Waals surface area contributed by atoms with Crippen LogP contribution in [0.15, 0.2) is 64.5 Å². The molecular formula is C22H30N4OS. The maximum absolute atomic E-state index is 5.41. The highest BCUT2D eigenvalue weighted by molar-refractivity contribution is 7.99. The van der Waals surface area contributed by atoms with Crippen molar-refractivity contribution in [2.45, 2.75) is 18.0 Å². The number of rotatable bonds is 8. The van der Waals surface area contributed by atoms with E-state index in [0.717, 1.165) is 57.6 Å². The average molecular weight is 399 g/mol. The Bertz CT molecular complexity index is 715. The zero-order valence-electron chi connectivity index (χ0n) is 16.6. The third-order valence-corrected chi connectivity index (χ3v) is 5.64. The molecule has 0 saturated carbocycles. The van der Waals surface area contributed by atoms with Gasteiger partial charge in [0.1, 0.15) is 0 Å². The van der Waals surface area contributed by atoms with Crippen LogP contribution in [0.5, 0.6) is 0 Å². The van der Waals surface area contributed by atoms with Crippen LogP contribution >= 0.6 is 11.8 Å². The van der Waals surface area contributed by atoms with Crippen LogP contribution in [-0.4, -0.2) is 56.5 Å². The smallest absolute Gasteiger partial charge is 0.191 e. The molecule has 0 spiro atoms. The Balaban J connectivity index is 1.36. The molecule has 2 aromatic rings. The summed E-state index contributed by atoms with van der Waals surface area (Å²) in [4.78, 5) is 8.05. The number of nitrogens with one attached hydrogen (secondary N) is 2. The molecule has 5 nitrogen and oxygen atoms in total. The van der Waals surface area contributed by atoms with Crippen molar-refractivity contribution >= 4 is 17.7 Å². The molecule has 0 atom stereocenters. The molecule has 2 N–H and O–H groups in total. The van der Waals surface area contributed by atoms with Gasteiger partial charge in [0.15, 0.2) is 5.96 Å². The zero-order chi connectivity index (χ0) is 19.4. The molecule has 1 fully saturated rings. The second-order valence-corrected chi connectivity index (χ2v) is 7.89. The molecule has 1 aliphatic rings. The molecule has 1 heterocycles. The van der Waals surface area contributed by atoms with E-state index in [0.29, 0.717) is 0 Å². The molecule has 6 heteroatoms. The van der Waals surface area contributed by atoms with Crippen molar-refractivity contribution in [3.63, 3.8) is 0 Å². The first-order valence-corrected chi connectivity index (χ1v) is 10.8. The summed E-state index contributed by atoms with van der Waals surface area (Å²) in [6.07, 6.45) is 0. The molecule has 28 heavy (non-hydrogen) atoms. The van der Waals surface area contributed by atoms with Crippen LogP contribution in [0.2, 0.25) is 0 Å². The summed E-state index contributed by atoms with van der Waals surface area (Å²) in [5, 5.41) is 6.76. The highest BCUT2D eigenvalue weighted by Gasteiger charge is 2.10. The lowest BCUT2D eigenvalue weighted by molar-refractivity contribution is 0.0342. The van der Waals surface area contributed by atoms with E-state index < -0.39 is 0 Å². The number of aliphatic imine (C=N–C) groups is 1. The third-order valence-electron chi connectivity index (χ3n) is 4.62. The van der Waals surface area contributed by atoms with Crippen molar-refractivity contribution < 1.29 is 4.74 Å². The fourth-order valence-corrected chi connectivity index (χ4v) is 3.83. The molecule has 0 bridgehead atoms. The monoisotopic (exact) mass is 398 g/mol. The van der Waals surface area contributed by atoms with E-state index in [4.69, 9.17) is 4.74 Å². The first-order chi connectivity index (χ1) is 13.8. The summed E-state index contributed by atoms with van der Waals surface area (Å²) in [5.41, 5.74) is 2.61. The molecule has 3 rings (SSSR count). The van der Waals surface area contributed by atoms with Gasteiger partial charge in [-0.1, -0.05) is 42.5 Å². The summed E-state index contributed by atoms with van der Waals surface area (Å²) < 4.78 is 5.41. The normalized spacial score (nSPS) is 15.4. The molecule has 0 aromatic heterocycles. The second-order valence-electron chi connectivity index (χ2n) is 6.72. The summed E-state index contributed by atoms with van der Waals surface area (Å²) in [7, 11) is 1.81. The molecule has 0 unspecified atom stereocenters. The Hall–Kier alpha value is -2.02. The molecule has 1 saturated heterocycles. The Morgan fingerprint density at radius 3 is 2.43 bits per heavy atom. The van der Waals surface area contributed by atoms with E-state index in [1.807, 2.05) is 24.9 Å². The minimum atomic E-state index is 0.767. The van der Waals surface area contributed by atoms with Crippen molar-refractivity contribution in [3.05, 3.63) is 65.7 Å². The maximum atomic E-state index is 5.41. The van der Waals surface area contributed by atoms with E-state index in [9.17, 15) is 0 Å². The van der Waals surface area contributed by atoms with Gasteiger partial charge < -0.3 is 15.4 Å². The minimum absolute atomic E-state index is 0.767. The van der Waals surface area contributed by atoms with Crippen LogP contribution < -0.4 is 10.6 Å². The Labute approximate surface area is 172 Å². The SMILES string of the molecule is CN=C(NCCSc1ccccc1)NCc1ccc(CN2CCOCC2)cc1. The van der Waals surface area contributed by atoms with Crippen LogP contribution in [0, 0.1) is 0 Å². The Morgan fingerprint density at radius 1 is 1.00 bits per heavy atom. The van der Waals surface area contributed by atoms with Gasteiger partial charge in [0.05, 0.1) is 13.2 Å². The predicted octanol–water partition coefficient (Wildman–Crippen LogP) is 2.98. The quantitative estimate of drug-likeness (QED) is 0.310. The van der Waals surface area contributed by atoms with Gasteiger partial charge in [-0.3, -0.25) is 9.89 Å². The van der Waals surface area contributed by atoms with Gasteiger partial charge in [-0.15, -0.1) is 11.8 Å². The van der Waals surface area contributed by atoms with Gasteiger partial charge in [0, 0.05) is 50.4 Å². The summed E-state index contributed by atoms with van der Waals surface area (Å²) in [6.45, 7) is 6.37. The minimum Gasteiger partial charge on any atom is -0.379 e. The van der Waals surface area contributed by atoms with Crippen LogP contribution in [0.1, 0.15) is 11.1 Å². The highest BCUT2D eigenvalue weighted by atomic mass is 32.2. The first-order valence-electron chi connectivity index (χ1n) is 9.84. The van der Waals surface area contributed by atoms with Crippen molar-refractivity contribution in [2.24, 2.45) is 4.99 Å². The Kier molecular flexibility index (Phi) is 8.68. The van der Waals surface area contributed by atoms with Gasteiger partial charge in [-0.25, -0.2) is 0 Å². The summed E-state index contributed by atoms with van der Waals surface area (Å²) >= 11 is 1.85. The molecule has 1 aliphatic heterocycles. The zero-order valence-corrected chi connectivity index (χ0v) is 17.4. The number of hydrogen-bond donors (Lipinski definition) is 2. The highest BCUT2D eigenvalue weighted by Crippen LogP contribution is 2.15. The molecule has 0 amide bonds. The second kappa shape index (κ2) is 11.7. The largest absolute Gasteiger partial charge is 0.379 e. The predicted molar refractivity (Wildman–Crippen MR) is 118 cm³/mol. The van der Waals surface area contributed by atoms with Crippen molar-refractivity contribution in [1.29, 1.82) is 0 Å². The van der Waals surface area contributed by atoms with Crippen LogP contribution in [0.25, 0.3) is 0 Å². The number of guanidine groups is 1. The number of ether oxygens (including phenoxy) is 1. The van der Waals surface area contributed by atoms with E-state index in [1.165, 1.54) is 16.0 Å². The number of benzene rings is 2. The van der Waals surface area contributed by atoms with Crippen LogP contribution in [-0.2, 0) is 17.8 Å². The van der Waals surface area contributed by atoms with Gasteiger partial charge in [0.25, 0.3) is 0 Å². The molecule has 2 aromatic carbocycles. The van der Waals surface area contributed by atoms with Crippen molar-refractivity contribution in [3.8, 4) is 0 Å². The van der Waals surface area contributed by atoms with Gasteiger partial charge in [0.2, 0.25) is 0 Å². The summed E-state index contributed by atoms with van der Waals surface area (Å²) in [5.74, 6) is 1.84. The number of hydrogen-bond acceptors (Lipinski definition) is 4. The van der Waals surface area contributed by atoms with Crippen LogP contribution in [0.4, 0.5) is 0 Å². The fourth-order valence-electron chi connectivity index (χ4n) is 3.04. The fraction of sp³-hybridized carbons (Fsp3) is 0.409. The van der Waals surface area contributed by atoms with Crippen molar-refractivity contribution in [1.82, 2.24) is 15.5 Å². The lowest BCUT2D eigenvalue weighted by Gasteiger charge is -2.26. The average Bonchev–Trinajstić information content (AvgIpc) is 2.76. The van der Waals surface area contributed by atoms with E-state index in [2.05, 4.69) is 69.1 Å². The van der Waals surface area contributed by atoms with Crippen LogP contribution in [0.3, 0.4) is 0 Å². The molecule has 0 aliphatic carbocycles. The van der Waals surface area contributed by atoms with Gasteiger partial charge in [-0.05, 0) is 23.3 Å². The standard InChI is InChI=1S/C22H30N4OS/c1-23-22(24-11-16-28-21-5-3-2-4-6-21)25-17-19-7-9-20(10-8-19)18-26-12-14-27-15-13-26/h2-10H,11-18H2,1H3,(H2,23,24,25). The maximum Gasteiger partial charge on any atom is 0.191 e. The molecular weight excluding hydrogens is 368 g/mol. The van der Waals surface area contributed by atoms with Gasteiger partial charge >= 0.3 is 0 Å². The number of thioether (sulfide) groups is 1. The third kappa shape index (κ3) is 7.19. The van der Waals surface area contributed by atoms with E-state index in [1.54, 1.807) is 0 Å². The topological polar surface area (TPSA) is 48.9 Å². The molecule has 0 radical (unpaired) electrons. The number of nitrogens with zero attached hydrogens (tertiary/aromatic N) is 2. The van der Waals surface area contributed by atoms with Gasteiger partial charge in [-0.2, -0.15) is 0 Å². The van der Waals surface area contributed by atoms with E-state index >= 15 is 0 Å². The first kappa shape index (κ1) is 20.7. The van der Waals surface area contributed by atoms with E-state index in [-0.39, 0.29) is 0 Å². The number of morpholine rings is 1. The lowest BCUT2D eigenvalue weighted by Crippen LogP contribution is -2.38. The Morgan fingerprint density at radius 2 is 1.71 bits per heavy atom. The molecule has 150 valence electrons. The lowest BCUT2D eigenvalue weighted by atomic mass is 10.1.